The Morgan fingerprint density at radius 3 is 2.83 bits per heavy atom. The number of amides is 3. The molecule has 2 atom stereocenters. The second-order valence-corrected chi connectivity index (χ2v) is 11.6. The van der Waals surface area contributed by atoms with Gasteiger partial charge in [0, 0.05) is 44.3 Å². The van der Waals surface area contributed by atoms with Crippen molar-refractivity contribution in [3.63, 3.8) is 0 Å². The van der Waals surface area contributed by atoms with Crippen molar-refractivity contribution >= 4 is 35.3 Å². The average molecular weight is 566 g/mol. The molecule has 3 aliphatic heterocycles. The fourth-order valence-electron chi connectivity index (χ4n) is 5.54. The van der Waals surface area contributed by atoms with Gasteiger partial charge in [0.25, 0.3) is 0 Å². The molecule has 0 radical (unpaired) electrons. The molecule has 2 fully saturated rings. The molecule has 40 heavy (non-hydrogen) atoms. The molecule has 0 aromatic carbocycles. The van der Waals surface area contributed by atoms with Crippen molar-refractivity contribution in [2.24, 2.45) is 5.92 Å². The van der Waals surface area contributed by atoms with E-state index in [4.69, 9.17) is 14.5 Å². The van der Waals surface area contributed by atoms with Gasteiger partial charge in [0.05, 0.1) is 31.9 Å². The van der Waals surface area contributed by atoms with Gasteiger partial charge in [0.2, 0.25) is 11.8 Å². The summed E-state index contributed by atoms with van der Waals surface area (Å²) in [4.78, 5) is 40.5. The molecule has 12 heteroatoms. The van der Waals surface area contributed by atoms with Gasteiger partial charge in [-0.25, -0.2) is 9.78 Å². The molecule has 2 unspecified atom stereocenters. The number of thioether (sulfide) groups is 1. The number of methoxy groups -OCH3 is 2. The number of urea groups is 1. The van der Waals surface area contributed by atoms with Crippen LogP contribution in [0.5, 0.6) is 5.88 Å². The van der Waals surface area contributed by atoms with E-state index in [0.717, 1.165) is 47.6 Å². The number of pyridine rings is 2. The third-order valence-electron chi connectivity index (χ3n) is 7.78. The first-order valence-electron chi connectivity index (χ1n) is 13.5. The monoisotopic (exact) mass is 565 g/mol. The Balaban J connectivity index is 1.34. The maximum absolute atomic E-state index is 13.5. The Bertz CT molecular complexity index is 1320. The molecular weight excluding hydrogens is 530 g/mol. The number of ether oxygens (including phenoxy) is 2. The van der Waals surface area contributed by atoms with E-state index in [1.807, 2.05) is 34.7 Å². The molecule has 3 amide bonds. The van der Waals surface area contributed by atoms with Crippen LogP contribution in [-0.2, 0) is 28.9 Å². The van der Waals surface area contributed by atoms with E-state index in [1.54, 1.807) is 25.2 Å². The molecule has 0 saturated carbocycles. The second-order valence-electron chi connectivity index (χ2n) is 10.5. The van der Waals surface area contributed by atoms with Crippen LogP contribution in [0.1, 0.15) is 28.7 Å². The van der Waals surface area contributed by atoms with E-state index < -0.39 is 0 Å². The van der Waals surface area contributed by atoms with Crippen molar-refractivity contribution in [3.05, 3.63) is 40.6 Å². The highest BCUT2D eigenvalue weighted by Gasteiger charge is 2.30. The molecule has 1 N–H and O–H groups in total. The summed E-state index contributed by atoms with van der Waals surface area (Å²) in [6.45, 7) is 2.78. The molecule has 0 aliphatic carbocycles. The van der Waals surface area contributed by atoms with Gasteiger partial charge in [-0.1, -0.05) is 0 Å². The molecule has 5 heterocycles. The van der Waals surface area contributed by atoms with E-state index in [0.29, 0.717) is 61.6 Å². The molecule has 3 aliphatic rings. The highest BCUT2D eigenvalue weighted by molar-refractivity contribution is 7.99. The normalized spacial score (nSPS) is 21.2. The predicted molar refractivity (Wildman–Crippen MR) is 153 cm³/mol. The smallest absolute Gasteiger partial charge is 0.328 e. The van der Waals surface area contributed by atoms with Crippen molar-refractivity contribution in [1.82, 2.24) is 19.8 Å². The molecule has 212 valence electrons. The van der Waals surface area contributed by atoms with Crippen LogP contribution >= 0.6 is 11.8 Å². The van der Waals surface area contributed by atoms with Gasteiger partial charge >= 0.3 is 6.03 Å². The Hall–Kier alpha value is -3.40. The molecule has 0 bridgehead atoms. The summed E-state index contributed by atoms with van der Waals surface area (Å²) in [7, 11) is 5.22. The van der Waals surface area contributed by atoms with Crippen LogP contribution in [0, 0.1) is 17.2 Å². The number of nitrogens with zero attached hydrogens (tertiary/aromatic N) is 6. The van der Waals surface area contributed by atoms with Crippen LogP contribution in [0.2, 0.25) is 0 Å². The van der Waals surface area contributed by atoms with Gasteiger partial charge in [-0.2, -0.15) is 22.0 Å². The maximum atomic E-state index is 13.5. The van der Waals surface area contributed by atoms with Crippen molar-refractivity contribution in [1.29, 1.82) is 5.26 Å². The minimum absolute atomic E-state index is 0.0771. The lowest BCUT2D eigenvalue weighted by Crippen LogP contribution is -2.48. The number of hydrogen-bond donors (Lipinski definition) is 1. The van der Waals surface area contributed by atoms with Gasteiger partial charge in [-0.15, -0.1) is 0 Å². The van der Waals surface area contributed by atoms with E-state index >= 15 is 0 Å². The first-order valence-corrected chi connectivity index (χ1v) is 14.7. The van der Waals surface area contributed by atoms with Gasteiger partial charge in [0.15, 0.2) is 0 Å². The first-order chi connectivity index (χ1) is 19.4. The van der Waals surface area contributed by atoms with Crippen LogP contribution < -0.4 is 15.0 Å². The van der Waals surface area contributed by atoms with Crippen LogP contribution in [0.4, 0.5) is 16.4 Å². The minimum atomic E-state index is -0.341. The molecular formula is C28H35N7O4S. The number of nitrogens with one attached hydrogen (secondary N) is 1. The molecule has 11 nitrogen and oxygen atoms in total. The third-order valence-corrected chi connectivity index (χ3v) is 9.01. The lowest BCUT2D eigenvalue weighted by atomic mass is 9.94. The maximum Gasteiger partial charge on any atom is 0.328 e. The van der Waals surface area contributed by atoms with E-state index in [2.05, 4.69) is 16.4 Å². The highest BCUT2D eigenvalue weighted by atomic mass is 32.2. The number of likely N-dealkylation sites (N-methyl/N-ethyl adjacent to an activating group) is 1. The Morgan fingerprint density at radius 1 is 1.23 bits per heavy atom. The van der Waals surface area contributed by atoms with Crippen molar-refractivity contribution in [3.8, 4) is 11.9 Å². The number of carbonyl (C=O) groups excluding carboxylic acids is 2. The van der Waals surface area contributed by atoms with E-state index in [9.17, 15) is 14.9 Å². The van der Waals surface area contributed by atoms with Gasteiger partial charge in [-0.05, 0) is 61.2 Å². The second kappa shape index (κ2) is 12.4. The summed E-state index contributed by atoms with van der Waals surface area (Å²) in [6, 6.07) is 5.69. The minimum Gasteiger partial charge on any atom is -0.481 e. The number of aryl methyl sites for hydroxylation is 1. The van der Waals surface area contributed by atoms with Crippen LogP contribution in [0.3, 0.4) is 0 Å². The quantitative estimate of drug-likeness (QED) is 0.539. The van der Waals surface area contributed by atoms with Crippen LogP contribution in [-0.4, -0.2) is 96.8 Å². The first kappa shape index (κ1) is 28.1. The summed E-state index contributed by atoms with van der Waals surface area (Å²) in [5.74, 6) is 3.64. The number of aromatic nitrogens is 2. The summed E-state index contributed by atoms with van der Waals surface area (Å²) < 4.78 is 11.2. The predicted octanol–water partition coefficient (Wildman–Crippen LogP) is 2.54. The zero-order chi connectivity index (χ0) is 28.2. The topological polar surface area (TPSA) is 124 Å². The number of hydrogen-bond acceptors (Lipinski definition) is 9. The SMILES string of the molecule is COc1nc2c(cc1CN1CCN(C)CC1=O)CCCN2C(=O)Nc1cc(CC2CSCC2OC)c(C#N)cn1. The Morgan fingerprint density at radius 2 is 2.08 bits per heavy atom. The van der Waals surface area contributed by atoms with Crippen molar-refractivity contribution in [2.75, 3.05) is 69.2 Å². The fraction of sp³-hybridized carbons (Fsp3) is 0.536. The van der Waals surface area contributed by atoms with Gasteiger partial charge in [-0.3, -0.25) is 19.9 Å². The molecule has 2 saturated heterocycles. The molecule has 2 aromatic rings. The summed E-state index contributed by atoms with van der Waals surface area (Å²) in [5.41, 5.74) is 3.13. The number of anilines is 2. The standard InChI is InChI=1S/C28H35N7O4S/c1-33-7-8-34(25(36)15-33)14-20-9-18-5-4-6-35(26(18)32-27(20)39-3)28(37)31-24-11-19(22(12-29)13-30-24)10-21-16-40-17-23(21)38-2/h9,11,13,21,23H,4-8,10,14-17H2,1-3H3,(H,30,31,37). The molecule has 0 spiro atoms. The van der Waals surface area contributed by atoms with E-state index in [1.165, 1.54) is 6.20 Å². The lowest BCUT2D eigenvalue weighted by Gasteiger charge is -2.33. The number of carbonyl (C=O) groups is 2. The summed E-state index contributed by atoms with van der Waals surface area (Å²) in [6.07, 6.45) is 3.91. The highest BCUT2D eigenvalue weighted by Crippen LogP contribution is 2.33. The number of nitriles is 1. The zero-order valence-electron chi connectivity index (χ0n) is 23.2. The largest absolute Gasteiger partial charge is 0.481 e. The zero-order valence-corrected chi connectivity index (χ0v) is 24.0. The molecule has 2 aromatic heterocycles. The number of piperazine rings is 1. The van der Waals surface area contributed by atoms with E-state index in [-0.39, 0.29) is 18.0 Å². The lowest BCUT2D eigenvalue weighted by molar-refractivity contribution is -0.136. The summed E-state index contributed by atoms with van der Waals surface area (Å²) in [5, 5.41) is 12.6. The van der Waals surface area contributed by atoms with Crippen molar-refractivity contribution in [2.45, 2.75) is 31.9 Å². The summed E-state index contributed by atoms with van der Waals surface area (Å²) >= 11 is 1.85. The molecule has 5 rings (SSSR count). The number of fused-ring (bicyclic) bond motifs is 1. The third kappa shape index (κ3) is 6.01. The Labute approximate surface area is 238 Å². The van der Waals surface area contributed by atoms with Gasteiger partial charge < -0.3 is 14.4 Å². The van der Waals surface area contributed by atoms with Crippen LogP contribution in [0.15, 0.2) is 18.3 Å². The van der Waals surface area contributed by atoms with Crippen molar-refractivity contribution < 1.29 is 19.1 Å². The fourth-order valence-corrected chi connectivity index (χ4v) is 6.95. The Kier molecular flexibility index (Phi) is 8.73. The van der Waals surface area contributed by atoms with Crippen LogP contribution in [0.25, 0.3) is 0 Å². The average Bonchev–Trinajstić information content (AvgIpc) is 3.41. The number of rotatable bonds is 7. The van der Waals surface area contributed by atoms with Gasteiger partial charge in [0.1, 0.15) is 17.7 Å².